The second kappa shape index (κ2) is 5.38. The van der Waals surface area contributed by atoms with Gasteiger partial charge in [0, 0.05) is 13.1 Å². The second-order valence-electron chi connectivity index (χ2n) is 3.29. The molecule has 0 aromatic heterocycles. The SMILES string of the molecule is C[C@H](O)CNCc1cccc(C#N)c1. The quantitative estimate of drug-likeness (QED) is 0.745. The summed E-state index contributed by atoms with van der Waals surface area (Å²) in [5.41, 5.74) is 1.73. The van der Waals surface area contributed by atoms with Crippen molar-refractivity contribution in [1.82, 2.24) is 5.32 Å². The van der Waals surface area contributed by atoms with Crippen molar-refractivity contribution < 1.29 is 5.11 Å². The van der Waals surface area contributed by atoms with E-state index in [1.807, 2.05) is 18.2 Å². The summed E-state index contributed by atoms with van der Waals surface area (Å²) in [6.45, 7) is 2.98. The Kier molecular flexibility index (Phi) is 4.11. The lowest BCUT2D eigenvalue weighted by Gasteiger charge is -2.06. The van der Waals surface area contributed by atoms with Crippen molar-refractivity contribution in [2.24, 2.45) is 0 Å². The fraction of sp³-hybridized carbons (Fsp3) is 0.364. The van der Waals surface area contributed by atoms with Crippen LogP contribution in [0.2, 0.25) is 0 Å². The zero-order valence-corrected chi connectivity index (χ0v) is 8.20. The minimum Gasteiger partial charge on any atom is -0.392 e. The monoisotopic (exact) mass is 190 g/mol. The first kappa shape index (κ1) is 10.7. The lowest BCUT2D eigenvalue weighted by Crippen LogP contribution is -2.23. The highest BCUT2D eigenvalue weighted by atomic mass is 16.3. The molecule has 0 spiro atoms. The zero-order valence-electron chi connectivity index (χ0n) is 8.20. The van der Waals surface area contributed by atoms with Gasteiger partial charge in [-0.15, -0.1) is 0 Å². The normalized spacial score (nSPS) is 12.1. The first-order valence-corrected chi connectivity index (χ1v) is 4.60. The molecule has 1 aromatic carbocycles. The van der Waals surface area contributed by atoms with Crippen LogP contribution < -0.4 is 5.32 Å². The molecule has 1 atom stereocenters. The van der Waals surface area contributed by atoms with E-state index in [2.05, 4.69) is 11.4 Å². The predicted molar refractivity (Wildman–Crippen MR) is 54.5 cm³/mol. The van der Waals surface area contributed by atoms with Crippen LogP contribution in [0.1, 0.15) is 18.1 Å². The number of nitrogens with one attached hydrogen (secondary N) is 1. The van der Waals surface area contributed by atoms with Crippen LogP contribution in [0.25, 0.3) is 0 Å². The van der Waals surface area contributed by atoms with Gasteiger partial charge in [-0.2, -0.15) is 5.26 Å². The van der Waals surface area contributed by atoms with E-state index in [9.17, 15) is 0 Å². The maximum Gasteiger partial charge on any atom is 0.0991 e. The van der Waals surface area contributed by atoms with E-state index in [4.69, 9.17) is 10.4 Å². The van der Waals surface area contributed by atoms with Crippen LogP contribution in [-0.4, -0.2) is 17.8 Å². The summed E-state index contributed by atoms with van der Waals surface area (Å²) in [5.74, 6) is 0. The van der Waals surface area contributed by atoms with Gasteiger partial charge < -0.3 is 10.4 Å². The van der Waals surface area contributed by atoms with Gasteiger partial charge in [-0.3, -0.25) is 0 Å². The third-order valence-corrected chi connectivity index (χ3v) is 1.82. The topological polar surface area (TPSA) is 56.0 Å². The van der Waals surface area contributed by atoms with E-state index in [1.54, 1.807) is 13.0 Å². The van der Waals surface area contributed by atoms with Crippen LogP contribution in [0.3, 0.4) is 0 Å². The number of hydrogen-bond acceptors (Lipinski definition) is 3. The van der Waals surface area contributed by atoms with E-state index >= 15 is 0 Å². The summed E-state index contributed by atoms with van der Waals surface area (Å²) < 4.78 is 0. The van der Waals surface area contributed by atoms with E-state index < -0.39 is 0 Å². The largest absolute Gasteiger partial charge is 0.392 e. The summed E-state index contributed by atoms with van der Waals surface area (Å²) in [5, 5.41) is 20.8. The fourth-order valence-electron chi connectivity index (χ4n) is 1.18. The van der Waals surface area contributed by atoms with Crippen molar-refractivity contribution in [3.63, 3.8) is 0 Å². The molecule has 0 bridgehead atoms. The molecule has 0 aliphatic carbocycles. The Bertz CT molecular complexity index is 328. The Hall–Kier alpha value is -1.37. The molecule has 0 unspecified atom stereocenters. The molecule has 3 heteroatoms. The Morgan fingerprint density at radius 3 is 3.00 bits per heavy atom. The van der Waals surface area contributed by atoms with E-state index in [0.29, 0.717) is 18.7 Å². The Labute approximate surface area is 84.0 Å². The summed E-state index contributed by atoms with van der Waals surface area (Å²) in [6, 6.07) is 9.52. The highest BCUT2D eigenvalue weighted by Gasteiger charge is 1.96. The third kappa shape index (κ3) is 3.56. The molecule has 1 rings (SSSR count). The van der Waals surface area contributed by atoms with Crippen LogP contribution in [-0.2, 0) is 6.54 Å². The maximum atomic E-state index is 9.02. The fourth-order valence-corrected chi connectivity index (χ4v) is 1.18. The Morgan fingerprint density at radius 2 is 2.36 bits per heavy atom. The van der Waals surface area contributed by atoms with Crippen molar-refractivity contribution >= 4 is 0 Å². The minimum atomic E-state index is -0.339. The number of benzene rings is 1. The van der Waals surface area contributed by atoms with Gasteiger partial charge >= 0.3 is 0 Å². The van der Waals surface area contributed by atoms with E-state index in [1.165, 1.54) is 0 Å². The van der Waals surface area contributed by atoms with Crippen LogP contribution in [0.5, 0.6) is 0 Å². The first-order chi connectivity index (χ1) is 6.72. The molecule has 0 amide bonds. The van der Waals surface area contributed by atoms with Gasteiger partial charge in [-0.05, 0) is 24.6 Å². The molecule has 0 aliphatic rings. The van der Waals surface area contributed by atoms with Crippen molar-refractivity contribution in [1.29, 1.82) is 5.26 Å². The number of aliphatic hydroxyl groups excluding tert-OH is 1. The molecule has 0 saturated carbocycles. The molecule has 74 valence electrons. The van der Waals surface area contributed by atoms with E-state index in [-0.39, 0.29) is 6.10 Å². The Balaban J connectivity index is 2.47. The molecule has 0 radical (unpaired) electrons. The number of hydrogen-bond donors (Lipinski definition) is 2. The zero-order chi connectivity index (χ0) is 10.4. The summed E-state index contributed by atoms with van der Waals surface area (Å²) in [4.78, 5) is 0. The average molecular weight is 190 g/mol. The van der Waals surface area contributed by atoms with Crippen LogP contribution in [0, 0.1) is 11.3 Å². The predicted octanol–water partition coefficient (Wildman–Crippen LogP) is 1.03. The van der Waals surface area contributed by atoms with Crippen molar-refractivity contribution in [3.05, 3.63) is 35.4 Å². The summed E-state index contributed by atoms with van der Waals surface area (Å²) in [6.07, 6.45) is -0.339. The molecule has 2 N–H and O–H groups in total. The van der Waals surface area contributed by atoms with Crippen molar-refractivity contribution in [2.45, 2.75) is 19.6 Å². The van der Waals surface area contributed by atoms with Gasteiger partial charge in [-0.1, -0.05) is 12.1 Å². The molecule has 14 heavy (non-hydrogen) atoms. The van der Waals surface area contributed by atoms with Gasteiger partial charge in [0.25, 0.3) is 0 Å². The van der Waals surface area contributed by atoms with Crippen LogP contribution in [0.4, 0.5) is 0 Å². The molecule has 0 aliphatic heterocycles. The molecule has 1 aromatic rings. The molecular weight excluding hydrogens is 176 g/mol. The summed E-state index contributed by atoms with van der Waals surface area (Å²) >= 11 is 0. The number of rotatable bonds is 4. The van der Waals surface area contributed by atoms with E-state index in [0.717, 1.165) is 5.56 Å². The number of nitriles is 1. The molecule has 0 heterocycles. The molecule has 0 fully saturated rings. The average Bonchev–Trinajstić information content (AvgIpc) is 2.18. The molecule has 0 saturated heterocycles. The van der Waals surface area contributed by atoms with Crippen molar-refractivity contribution in [2.75, 3.05) is 6.54 Å². The second-order valence-corrected chi connectivity index (χ2v) is 3.29. The number of aliphatic hydroxyl groups is 1. The van der Waals surface area contributed by atoms with Gasteiger partial charge in [-0.25, -0.2) is 0 Å². The van der Waals surface area contributed by atoms with Gasteiger partial charge in [0.05, 0.1) is 17.7 Å². The molecular formula is C11H14N2O. The van der Waals surface area contributed by atoms with Gasteiger partial charge in [0.1, 0.15) is 0 Å². The number of nitrogens with zero attached hydrogens (tertiary/aromatic N) is 1. The highest BCUT2D eigenvalue weighted by molar-refractivity contribution is 5.32. The lowest BCUT2D eigenvalue weighted by molar-refractivity contribution is 0.191. The van der Waals surface area contributed by atoms with Gasteiger partial charge in [0.2, 0.25) is 0 Å². The van der Waals surface area contributed by atoms with Crippen molar-refractivity contribution in [3.8, 4) is 6.07 Å². The highest BCUT2D eigenvalue weighted by Crippen LogP contribution is 2.03. The minimum absolute atomic E-state index is 0.339. The first-order valence-electron chi connectivity index (χ1n) is 4.60. The van der Waals surface area contributed by atoms with Crippen LogP contribution in [0.15, 0.2) is 24.3 Å². The lowest BCUT2D eigenvalue weighted by atomic mass is 10.1. The summed E-state index contributed by atoms with van der Waals surface area (Å²) in [7, 11) is 0. The smallest absolute Gasteiger partial charge is 0.0991 e. The molecule has 3 nitrogen and oxygen atoms in total. The standard InChI is InChI=1S/C11H14N2O/c1-9(14)7-13-8-11-4-2-3-10(5-11)6-12/h2-5,9,13-14H,7-8H2,1H3/t9-/m0/s1. The van der Waals surface area contributed by atoms with Gasteiger partial charge in [0.15, 0.2) is 0 Å². The van der Waals surface area contributed by atoms with Crippen LogP contribution >= 0.6 is 0 Å². The third-order valence-electron chi connectivity index (χ3n) is 1.82. The maximum absolute atomic E-state index is 9.02. The Morgan fingerprint density at radius 1 is 1.57 bits per heavy atom.